The summed E-state index contributed by atoms with van der Waals surface area (Å²) in [6.07, 6.45) is 6.65. The molecule has 11 nitrogen and oxygen atoms in total. The van der Waals surface area contributed by atoms with Gasteiger partial charge in [-0.2, -0.15) is 0 Å². The van der Waals surface area contributed by atoms with Gasteiger partial charge in [0.25, 0.3) is 14.7 Å². The highest BCUT2D eigenvalue weighted by Crippen LogP contribution is 2.60. The van der Waals surface area contributed by atoms with Crippen LogP contribution in [0.1, 0.15) is 101 Å². The molecule has 59 heavy (non-hydrogen) atoms. The molecule has 0 atom stereocenters. The van der Waals surface area contributed by atoms with Crippen molar-refractivity contribution < 1.29 is 52.5 Å². The van der Waals surface area contributed by atoms with Crippen molar-refractivity contribution >= 4 is 16.9 Å². The van der Waals surface area contributed by atoms with Gasteiger partial charge >= 0.3 is 0 Å². The van der Waals surface area contributed by atoms with E-state index in [1.54, 1.807) is 0 Å². The lowest BCUT2D eigenvalue weighted by atomic mass is 9.49. The smallest absolute Gasteiger partial charge is 0.250 e. The summed E-state index contributed by atoms with van der Waals surface area (Å²) in [5, 5.41) is 11.1. The Morgan fingerprint density at radius 1 is 0.458 bits per heavy atom. The van der Waals surface area contributed by atoms with Crippen molar-refractivity contribution in [3.8, 4) is 51.7 Å². The lowest BCUT2D eigenvalue weighted by molar-refractivity contribution is -0.327. The SMILES string of the molecule is CCOc1cc(OCC)c([S+](c2c(OCC)cc(OCC)cc2OCC)c2c(OCC)cc(OCC)cc2OCC)c(OCC)c1.O=C([O-])C12CC3CC(CC(C3)C1)C2. The van der Waals surface area contributed by atoms with Crippen molar-refractivity contribution in [1.82, 2.24) is 0 Å². The van der Waals surface area contributed by atoms with Gasteiger partial charge in [-0.3, -0.25) is 0 Å². The first-order valence-corrected chi connectivity index (χ1v) is 23.0. The summed E-state index contributed by atoms with van der Waals surface area (Å²) >= 11 is 0. The Labute approximate surface area is 354 Å². The van der Waals surface area contributed by atoms with Crippen LogP contribution in [-0.2, 0) is 15.7 Å². The molecule has 0 spiro atoms. The highest BCUT2D eigenvalue weighted by Gasteiger charge is 2.52. The molecule has 0 radical (unpaired) electrons. The van der Waals surface area contributed by atoms with Crippen molar-refractivity contribution in [2.45, 2.75) is 116 Å². The average molecular weight is 839 g/mol. The van der Waals surface area contributed by atoms with Crippen LogP contribution >= 0.6 is 0 Å². The fourth-order valence-corrected chi connectivity index (χ4v) is 11.8. The highest BCUT2D eigenvalue weighted by atomic mass is 32.2. The highest BCUT2D eigenvalue weighted by molar-refractivity contribution is 7.97. The summed E-state index contributed by atoms with van der Waals surface area (Å²) < 4.78 is 56.3. The average Bonchev–Trinajstić information content (AvgIpc) is 3.18. The van der Waals surface area contributed by atoms with E-state index >= 15 is 0 Å². The third-order valence-electron chi connectivity index (χ3n) is 10.8. The van der Waals surface area contributed by atoms with Crippen LogP contribution < -0.4 is 47.7 Å². The molecule has 3 aromatic carbocycles. The fraction of sp³-hybridized carbons (Fsp3) is 0.596. The van der Waals surface area contributed by atoms with E-state index in [2.05, 4.69) is 0 Å². The first-order chi connectivity index (χ1) is 28.6. The Morgan fingerprint density at radius 2 is 0.678 bits per heavy atom. The van der Waals surface area contributed by atoms with Gasteiger partial charge < -0.3 is 52.5 Å². The molecule has 0 heterocycles. The van der Waals surface area contributed by atoms with E-state index in [1.165, 1.54) is 19.3 Å². The van der Waals surface area contributed by atoms with Crippen LogP contribution in [0.15, 0.2) is 51.1 Å². The first kappa shape index (κ1) is 45.8. The molecule has 4 bridgehead atoms. The van der Waals surface area contributed by atoms with Crippen LogP contribution in [-0.4, -0.2) is 65.4 Å². The van der Waals surface area contributed by atoms with Gasteiger partial charge in [0.15, 0.2) is 34.5 Å². The number of hydrogen-bond acceptors (Lipinski definition) is 11. The Hall–Kier alpha value is -4.32. The zero-order valence-electron chi connectivity index (χ0n) is 36.7. The van der Waals surface area contributed by atoms with E-state index in [0.29, 0.717) is 129 Å². The largest absolute Gasteiger partial charge is 0.550 e. The van der Waals surface area contributed by atoms with Gasteiger partial charge in [-0.25, -0.2) is 0 Å². The number of carbonyl (C=O) groups excluding carboxylic acids is 1. The zero-order valence-corrected chi connectivity index (χ0v) is 37.5. The van der Waals surface area contributed by atoms with Gasteiger partial charge in [0.05, 0.1) is 59.5 Å². The molecule has 0 aromatic heterocycles. The van der Waals surface area contributed by atoms with Crippen molar-refractivity contribution in [2.24, 2.45) is 23.2 Å². The molecule has 0 saturated heterocycles. The van der Waals surface area contributed by atoms with Gasteiger partial charge in [0.1, 0.15) is 28.1 Å². The molecular weight excluding hydrogens is 773 g/mol. The van der Waals surface area contributed by atoms with Crippen molar-refractivity contribution in [3.63, 3.8) is 0 Å². The van der Waals surface area contributed by atoms with Crippen molar-refractivity contribution in [1.29, 1.82) is 0 Å². The summed E-state index contributed by atoms with van der Waals surface area (Å²) in [5.74, 6) is 6.96. The minimum absolute atomic E-state index is 0.394. The molecule has 4 saturated carbocycles. The minimum atomic E-state index is -1.05. The van der Waals surface area contributed by atoms with E-state index in [1.807, 2.05) is 98.7 Å². The van der Waals surface area contributed by atoms with Crippen LogP contribution in [0.2, 0.25) is 0 Å². The molecule has 0 aliphatic heterocycles. The summed E-state index contributed by atoms with van der Waals surface area (Å²) in [6.45, 7) is 21.6. The summed E-state index contributed by atoms with van der Waals surface area (Å²) in [7, 11) is -1.05. The molecule has 4 aliphatic carbocycles. The Kier molecular flexibility index (Phi) is 16.9. The molecular formula is C47H66O11S. The lowest BCUT2D eigenvalue weighted by Gasteiger charge is -2.57. The maximum atomic E-state index is 11.1. The monoisotopic (exact) mass is 838 g/mol. The number of benzene rings is 3. The molecule has 0 N–H and O–H groups in total. The molecule has 4 fully saturated rings. The number of ether oxygens (including phenoxy) is 9. The predicted molar refractivity (Wildman–Crippen MR) is 228 cm³/mol. The summed E-state index contributed by atoms with van der Waals surface area (Å²) in [6, 6.07) is 11.5. The number of carboxylic acids is 1. The van der Waals surface area contributed by atoms with Crippen LogP contribution in [0.3, 0.4) is 0 Å². The number of hydrogen-bond donors (Lipinski definition) is 0. The first-order valence-electron chi connectivity index (χ1n) is 21.8. The predicted octanol–water partition coefficient (Wildman–Crippen LogP) is 9.32. The van der Waals surface area contributed by atoms with Gasteiger partial charge in [0, 0.05) is 47.8 Å². The topological polar surface area (TPSA) is 123 Å². The van der Waals surface area contributed by atoms with Gasteiger partial charge in [-0.1, -0.05) is 0 Å². The van der Waals surface area contributed by atoms with E-state index in [9.17, 15) is 9.90 Å². The molecule has 7 rings (SSSR count). The Morgan fingerprint density at radius 3 is 0.864 bits per heavy atom. The molecule has 326 valence electrons. The normalized spacial score (nSPS) is 20.0. The fourth-order valence-electron chi connectivity index (χ4n) is 9.25. The number of aliphatic carboxylic acids is 1. The van der Waals surface area contributed by atoms with Gasteiger partial charge in [0.2, 0.25) is 0 Å². The summed E-state index contributed by atoms with van der Waals surface area (Å²) in [5.41, 5.74) is -0.394. The lowest BCUT2D eigenvalue weighted by Crippen LogP contribution is -2.54. The number of rotatable bonds is 22. The third-order valence-corrected chi connectivity index (χ3v) is 13.2. The van der Waals surface area contributed by atoms with E-state index in [0.717, 1.165) is 33.9 Å². The standard InChI is InChI=1S/C36H51O9S.C11H16O2/c1-10-37-25-19-28(40-13-4)34(29(20-25)41-14-5)46(35-30(42-15-6)21-26(38-11-2)22-31(35)43-16-7)36-32(44-17-8)23-27(39-12-3)24-33(36)45-18-9;12-10(13)11-4-7-1-8(5-11)3-9(2-7)6-11/h19-24H,10-18H2,1-9H3;7-9H,1-6H2,(H,12,13)/q+1;/p-1. The maximum Gasteiger partial charge on any atom is 0.250 e. The number of carboxylic acid groups (broad SMARTS) is 1. The van der Waals surface area contributed by atoms with Gasteiger partial charge in [-0.15, -0.1) is 0 Å². The van der Waals surface area contributed by atoms with E-state index in [-0.39, 0.29) is 0 Å². The second-order valence-electron chi connectivity index (χ2n) is 14.9. The minimum Gasteiger partial charge on any atom is -0.550 e. The van der Waals surface area contributed by atoms with Crippen molar-refractivity contribution in [3.05, 3.63) is 36.4 Å². The third kappa shape index (κ3) is 10.7. The van der Waals surface area contributed by atoms with Crippen LogP contribution in [0.25, 0.3) is 0 Å². The second-order valence-corrected chi connectivity index (χ2v) is 16.8. The second kappa shape index (κ2) is 21.8. The molecule has 0 unspecified atom stereocenters. The quantitative estimate of drug-likeness (QED) is 0.0900. The van der Waals surface area contributed by atoms with Crippen molar-refractivity contribution in [2.75, 3.05) is 59.5 Å². The Bertz CT molecular complexity index is 1550. The van der Waals surface area contributed by atoms with E-state index < -0.39 is 22.3 Å². The van der Waals surface area contributed by atoms with Crippen LogP contribution in [0.5, 0.6) is 51.7 Å². The Balaban J connectivity index is 0.000000422. The number of carbonyl (C=O) groups is 1. The molecule has 0 amide bonds. The maximum absolute atomic E-state index is 11.1. The van der Waals surface area contributed by atoms with Gasteiger partial charge in [-0.05, 0) is 119 Å². The van der Waals surface area contributed by atoms with Crippen LogP contribution in [0.4, 0.5) is 0 Å². The van der Waals surface area contributed by atoms with E-state index in [4.69, 9.17) is 42.6 Å². The summed E-state index contributed by atoms with van der Waals surface area (Å²) in [4.78, 5) is 13.5. The van der Waals surface area contributed by atoms with Crippen LogP contribution in [0, 0.1) is 23.2 Å². The molecule has 3 aromatic rings. The molecule has 12 heteroatoms. The zero-order chi connectivity index (χ0) is 42.5. The molecule has 4 aliphatic rings.